The first kappa shape index (κ1) is 16.0. The molecule has 0 aliphatic rings. The van der Waals surface area contributed by atoms with Gasteiger partial charge in [0.25, 0.3) is 5.69 Å². The van der Waals surface area contributed by atoms with Crippen LogP contribution in [0.25, 0.3) is 0 Å². The Hall–Kier alpha value is -2.09. The number of benzene rings is 1. The maximum absolute atomic E-state index is 11.3. The van der Waals surface area contributed by atoms with Gasteiger partial charge >= 0.3 is 11.9 Å². The molecule has 0 spiro atoms. The second-order valence-electron chi connectivity index (χ2n) is 3.61. The molecule has 8 heteroatoms. The number of carbonyl (C=O) groups is 2. The lowest BCUT2D eigenvalue weighted by atomic mass is 10.2. The van der Waals surface area contributed by atoms with E-state index >= 15 is 0 Å². The van der Waals surface area contributed by atoms with Gasteiger partial charge in [0.05, 0.1) is 36.0 Å². The van der Waals surface area contributed by atoms with Crippen LogP contribution in [0.2, 0.25) is 0 Å². The normalized spacial score (nSPS) is 9.90. The summed E-state index contributed by atoms with van der Waals surface area (Å²) in [7, 11) is 2.48. The Kier molecular flexibility index (Phi) is 5.98. The fourth-order valence-corrected chi connectivity index (χ4v) is 2.31. The van der Waals surface area contributed by atoms with Gasteiger partial charge in [0.15, 0.2) is 0 Å². The smallest absolute Gasteiger partial charge is 0.338 e. The van der Waals surface area contributed by atoms with Crippen LogP contribution in [0.5, 0.6) is 0 Å². The van der Waals surface area contributed by atoms with Gasteiger partial charge in [-0.2, -0.15) is 0 Å². The zero-order chi connectivity index (χ0) is 15.1. The molecule has 0 heterocycles. The van der Waals surface area contributed by atoms with Gasteiger partial charge in [-0.15, -0.1) is 11.8 Å². The van der Waals surface area contributed by atoms with Crippen molar-refractivity contribution in [3.05, 3.63) is 33.9 Å². The number of thioether (sulfide) groups is 1. The quantitative estimate of drug-likeness (QED) is 0.343. The Balaban J connectivity index is 2.88. The van der Waals surface area contributed by atoms with Crippen molar-refractivity contribution in [2.45, 2.75) is 11.3 Å². The number of carbonyl (C=O) groups excluding carboxylic acids is 2. The third-order valence-electron chi connectivity index (χ3n) is 2.37. The summed E-state index contributed by atoms with van der Waals surface area (Å²) in [4.78, 5) is 33.1. The van der Waals surface area contributed by atoms with Crippen LogP contribution in [0.3, 0.4) is 0 Å². The predicted octanol–water partition coefficient (Wildman–Crippen LogP) is 2.04. The highest BCUT2D eigenvalue weighted by Crippen LogP contribution is 2.30. The number of nitrogens with zero attached hydrogens (tertiary/aromatic N) is 1. The van der Waals surface area contributed by atoms with Gasteiger partial charge in [-0.1, -0.05) is 0 Å². The molecule has 0 saturated carbocycles. The zero-order valence-corrected chi connectivity index (χ0v) is 11.8. The summed E-state index contributed by atoms with van der Waals surface area (Å²) in [5, 5.41) is 11.0. The van der Waals surface area contributed by atoms with Crippen molar-refractivity contribution in [2.75, 3.05) is 20.0 Å². The molecule has 0 aromatic heterocycles. The summed E-state index contributed by atoms with van der Waals surface area (Å²) in [6.45, 7) is 0. The monoisotopic (exact) mass is 299 g/mol. The van der Waals surface area contributed by atoms with E-state index in [1.807, 2.05) is 0 Å². The molecule has 0 aliphatic heterocycles. The SMILES string of the molecule is COC(=O)CCSc1ccc(C(=O)OC)cc1[N+](=O)[O-]. The average molecular weight is 299 g/mol. The second-order valence-corrected chi connectivity index (χ2v) is 4.74. The third-order valence-corrected chi connectivity index (χ3v) is 3.43. The van der Waals surface area contributed by atoms with E-state index in [-0.39, 0.29) is 23.6 Å². The number of nitro groups is 1. The van der Waals surface area contributed by atoms with E-state index in [9.17, 15) is 19.7 Å². The minimum absolute atomic E-state index is 0.108. The Morgan fingerprint density at radius 1 is 1.30 bits per heavy atom. The Labute approximate surface area is 119 Å². The first-order chi connectivity index (χ1) is 9.49. The molecule has 1 aromatic carbocycles. The van der Waals surface area contributed by atoms with E-state index in [1.54, 1.807) is 0 Å². The zero-order valence-electron chi connectivity index (χ0n) is 11.0. The number of hydrogen-bond acceptors (Lipinski definition) is 7. The fourth-order valence-electron chi connectivity index (χ4n) is 1.37. The van der Waals surface area contributed by atoms with Crippen LogP contribution in [-0.4, -0.2) is 36.8 Å². The lowest BCUT2D eigenvalue weighted by Crippen LogP contribution is -2.03. The minimum atomic E-state index is -0.640. The molecule has 0 N–H and O–H groups in total. The molecule has 0 fully saturated rings. The van der Waals surface area contributed by atoms with Crippen LogP contribution < -0.4 is 0 Å². The van der Waals surface area contributed by atoms with Crippen LogP contribution >= 0.6 is 11.8 Å². The summed E-state index contributed by atoms with van der Waals surface area (Å²) < 4.78 is 8.99. The number of esters is 2. The van der Waals surface area contributed by atoms with Gasteiger partial charge in [-0.25, -0.2) is 4.79 Å². The van der Waals surface area contributed by atoms with E-state index in [0.717, 1.165) is 17.8 Å². The van der Waals surface area contributed by atoms with Crippen molar-refractivity contribution in [1.29, 1.82) is 0 Å². The van der Waals surface area contributed by atoms with Crippen LogP contribution in [-0.2, 0) is 14.3 Å². The largest absolute Gasteiger partial charge is 0.469 e. The number of methoxy groups -OCH3 is 2. The van der Waals surface area contributed by atoms with Gasteiger partial charge in [0.1, 0.15) is 0 Å². The van der Waals surface area contributed by atoms with Gasteiger partial charge in [-0.05, 0) is 12.1 Å². The van der Waals surface area contributed by atoms with Gasteiger partial charge in [0.2, 0.25) is 0 Å². The number of hydrogen-bond donors (Lipinski definition) is 0. The molecular weight excluding hydrogens is 286 g/mol. The molecular formula is C12H13NO6S. The maximum Gasteiger partial charge on any atom is 0.338 e. The van der Waals surface area contributed by atoms with Gasteiger partial charge in [0, 0.05) is 11.8 Å². The van der Waals surface area contributed by atoms with Crippen molar-refractivity contribution in [2.24, 2.45) is 0 Å². The van der Waals surface area contributed by atoms with Gasteiger partial charge < -0.3 is 9.47 Å². The fraction of sp³-hybridized carbons (Fsp3) is 0.333. The summed E-state index contributed by atoms with van der Waals surface area (Å²) >= 11 is 1.15. The highest BCUT2D eigenvalue weighted by Gasteiger charge is 2.18. The lowest BCUT2D eigenvalue weighted by Gasteiger charge is -2.04. The molecule has 20 heavy (non-hydrogen) atoms. The van der Waals surface area contributed by atoms with Crippen molar-refractivity contribution < 1.29 is 24.0 Å². The number of nitro benzene ring substituents is 1. The highest BCUT2D eigenvalue weighted by molar-refractivity contribution is 7.99. The van der Waals surface area contributed by atoms with Crippen LogP contribution in [0.1, 0.15) is 16.8 Å². The Bertz CT molecular complexity index is 531. The molecule has 1 aromatic rings. The van der Waals surface area contributed by atoms with Crippen molar-refractivity contribution in [3.63, 3.8) is 0 Å². The standard InChI is InChI=1S/C12H13NO6S/c1-18-11(14)5-6-20-10-4-3-8(12(15)19-2)7-9(10)13(16)17/h3-4,7H,5-6H2,1-2H3. The van der Waals surface area contributed by atoms with E-state index in [1.165, 1.54) is 26.4 Å². The number of rotatable bonds is 6. The Morgan fingerprint density at radius 3 is 2.55 bits per heavy atom. The summed E-state index contributed by atoms with van der Waals surface area (Å²) in [6, 6.07) is 4.07. The molecule has 0 unspecified atom stereocenters. The van der Waals surface area contributed by atoms with Crippen LogP contribution in [0.4, 0.5) is 5.69 Å². The highest BCUT2D eigenvalue weighted by atomic mass is 32.2. The first-order valence-corrected chi connectivity index (χ1v) is 6.54. The van der Waals surface area contributed by atoms with E-state index < -0.39 is 10.9 Å². The number of ether oxygens (including phenoxy) is 2. The molecule has 108 valence electrons. The van der Waals surface area contributed by atoms with E-state index in [2.05, 4.69) is 9.47 Å². The third kappa shape index (κ3) is 4.23. The van der Waals surface area contributed by atoms with E-state index in [4.69, 9.17) is 0 Å². The molecule has 0 amide bonds. The van der Waals surface area contributed by atoms with Crippen molar-refractivity contribution in [1.82, 2.24) is 0 Å². The Morgan fingerprint density at radius 2 is 2.00 bits per heavy atom. The molecule has 0 radical (unpaired) electrons. The molecule has 0 saturated heterocycles. The van der Waals surface area contributed by atoms with Crippen LogP contribution in [0.15, 0.2) is 23.1 Å². The van der Waals surface area contributed by atoms with Crippen LogP contribution in [0, 0.1) is 10.1 Å². The summed E-state index contributed by atoms with van der Waals surface area (Å²) in [5.74, 6) is -0.670. The van der Waals surface area contributed by atoms with Crippen molar-refractivity contribution in [3.8, 4) is 0 Å². The molecule has 0 bridgehead atoms. The lowest BCUT2D eigenvalue weighted by molar-refractivity contribution is -0.387. The molecule has 1 rings (SSSR count). The summed E-state index contributed by atoms with van der Waals surface area (Å²) in [5.41, 5.74) is -0.0840. The minimum Gasteiger partial charge on any atom is -0.469 e. The average Bonchev–Trinajstić information content (AvgIpc) is 2.46. The van der Waals surface area contributed by atoms with E-state index in [0.29, 0.717) is 10.6 Å². The topological polar surface area (TPSA) is 95.7 Å². The second kappa shape index (κ2) is 7.49. The van der Waals surface area contributed by atoms with Crippen molar-refractivity contribution >= 4 is 29.4 Å². The summed E-state index contributed by atoms with van der Waals surface area (Å²) in [6.07, 6.45) is 0.150. The molecule has 0 aliphatic carbocycles. The first-order valence-electron chi connectivity index (χ1n) is 5.56. The predicted molar refractivity (Wildman–Crippen MR) is 71.8 cm³/mol. The maximum atomic E-state index is 11.3. The van der Waals surface area contributed by atoms with Gasteiger partial charge in [-0.3, -0.25) is 14.9 Å². The molecule has 7 nitrogen and oxygen atoms in total. The molecule has 0 atom stereocenters.